The Hall–Kier alpha value is -1.90. The molecule has 2 atom stereocenters. The number of alkyl halides is 3. The predicted octanol–water partition coefficient (Wildman–Crippen LogP) is 1.42. The van der Waals surface area contributed by atoms with Gasteiger partial charge in [0.05, 0.1) is 12.0 Å². The number of aromatic nitrogens is 2. The Kier molecular flexibility index (Phi) is 3.47. The summed E-state index contributed by atoms with van der Waals surface area (Å²) in [4.78, 5) is 20.6. The summed E-state index contributed by atoms with van der Waals surface area (Å²) in [6, 6.07) is 0.794. The maximum Gasteiger partial charge on any atom is 0.433 e. The molecule has 0 unspecified atom stereocenters. The van der Waals surface area contributed by atoms with Crippen molar-refractivity contribution in [2.75, 3.05) is 31.2 Å². The van der Waals surface area contributed by atoms with Crippen molar-refractivity contribution in [3.63, 3.8) is 0 Å². The minimum atomic E-state index is -4.56. The molecule has 1 aromatic rings. The molecule has 9 heteroatoms. The number of rotatable bonds is 2. The Bertz CT molecular complexity index is 595. The third-order valence-corrected chi connectivity index (χ3v) is 4.35. The van der Waals surface area contributed by atoms with Crippen LogP contribution in [-0.2, 0) is 15.7 Å². The minimum absolute atomic E-state index is 0.0927. The van der Waals surface area contributed by atoms with Crippen molar-refractivity contribution < 1.29 is 27.8 Å². The molecule has 3 rings (SSSR count). The normalized spacial score (nSPS) is 28.5. The van der Waals surface area contributed by atoms with Crippen LogP contribution in [0.15, 0.2) is 12.3 Å². The molecule has 0 spiro atoms. The van der Waals surface area contributed by atoms with Crippen LogP contribution >= 0.6 is 0 Å². The molecule has 0 aliphatic carbocycles. The second-order valence-electron chi connectivity index (χ2n) is 5.60. The van der Waals surface area contributed by atoms with Gasteiger partial charge in [-0.05, 0) is 12.5 Å². The highest BCUT2D eigenvalue weighted by Crippen LogP contribution is 2.43. The summed E-state index contributed by atoms with van der Waals surface area (Å²) in [5, 5.41) is 9.54. The molecule has 2 saturated heterocycles. The van der Waals surface area contributed by atoms with E-state index in [4.69, 9.17) is 4.74 Å². The van der Waals surface area contributed by atoms with Gasteiger partial charge >= 0.3 is 12.1 Å². The van der Waals surface area contributed by atoms with E-state index in [9.17, 15) is 23.1 Å². The van der Waals surface area contributed by atoms with E-state index in [1.54, 1.807) is 0 Å². The fourth-order valence-corrected chi connectivity index (χ4v) is 3.11. The van der Waals surface area contributed by atoms with Gasteiger partial charge < -0.3 is 14.7 Å². The molecule has 0 aromatic carbocycles. The summed E-state index contributed by atoms with van der Waals surface area (Å²) >= 11 is 0. The molecular weight excluding hydrogens is 303 g/mol. The lowest BCUT2D eigenvalue weighted by Crippen LogP contribution is -2.44. The molecule has 1 aromatic heterocycles. The Labute approximate surface area is 123 Å². The molecule has 0 radical (unpaired) electrons. The van der Waals surface area contributed by atoms with Gasteiger partial charge in [0.2, 0.25) is 5.95 Å². The number of nitrogens with zero attached hydrogens (tertiary/aromatic N) is 3. The van der Waals surface area contributed by atoms with Crippen molar-refractivity contribution >= 4 is 11.9 Å². The van der Waals surface area contributed by atoms with E-state index in [1.807, 2.05) is 0 Å². The number of ether oxygens (including phenoxy) is 1. The molecule has 120 valence electrons. The van der Waals surface area contributed by atoms with Gasteiger partial charge in [0.25, 0.3) is 0 Å². The highest BCUT2D eigenvalue weighted by molar-refractivity contribution is 5.77. The van der Waals surface area contributed by atoms with Crippen LogP contribution in [0.25, 0.3) is 0 Å². The van der Waals surface area contributed by atoms with Crippen LogP contribution in [-0.4, -0.2) is 47.3 Å². The van der Waals surface area contributed by atoms with E-state index >= 15 is 0 Å². The van der Waals surface area contributed by atoms with Crippen molar-refractivity contribution in [1.29, 1.82) is 0 Å². The lowest BCUT2D eigenvalue weighted by atomic mass is 9.74. The molecule has 3 heterocycles. The molecule has 2 fully saturated rings. The summed E-state index contributed by atoms with van der Waals surface area (Å²) in [6.07, 6.45) is -3.18. The summed E-state index contributed by atoms with van der Waals surface area (Å²) in [6.45, 7) is 0.979. The molecule has 2 aliphatic heterocycles. The number of hydrogen-bond acceptors (Lipinski definition) is 5. The number of carboxylic acid groups (broad SMARTS) is 1. The van der Waals surface area contributed by atoms with Gasteiger partial charge in [0.1, 0.15) is 5.69 Å². The fourth-order valence-electron chi connectivity index (χ4n) is 3.11. The van der Waals surface area contributed by atoms with Crippen molar-refractivity contribution in [2.45, 2.75) is 12.6 Å². The smallest absolute Gasteiger partial charge is 0.433 e. The zero-order chi connectivity index (χ0) is 16.0. The highest BCUT2D eigenvalue weighted by atomic mass is 19.4. The molecule has 0 amide bonds. The topological polar surface area (TPSA) is 75.6 Å². The maximum absolute atomic E-state index is 12.7. The van der Waals surface area contributed by atoms with E-state index in [1.165, 1.54) is 4.90 Å². The average Bonchev–Trinajstić information content (AvgIpc) is 2.87. The molecule has 0 bridgehead atoms. The standard InChI is InChI=1S/C13H14F3N3O3/c14-13(15,16)9-1-3-17-11(18-9)19-5-8-6-22-4-2-12(8,7-19)10(20)21/h1,3,8H,2,4-7H2,(H,20,21)/t8-,12+/m1/s1. The monoisotopic (exact) mass is 317 g/mol. The zero-order valence-corrected chi connectivity index (χ0v) is 11.5. The van der Waals surface area contributed by atoms with E-state index in [0.717, 1.165) is 12.3 Å². The second-order valence-corrected chi connectivity index (χ2v) is 5.60. The van der Waals surface area contributed by atoms with Crippen molar-refractivity contribution in [3.05, 3.63) is 18.0 Å². The lowest BCUT2D eigenvalue weighted by Gasteiger charge is -2.33. The van der Waals surface area contributed by atoms with Crippen molar-refractivity contribution in [1.82, 2.24) is 9.97 Å². The number of aliphatic carboxylic acids is 1. The van der Waals surface area contributed by atoms with Crippen LogP contribution in [0.1, 0.15) is 12.1 Å². The zero-order valence-electron chi connectivity index (χ0n) is 11.5. The van der Waals surface area contributed by atoms with Crippen LogP contribution in [0.5, 0.6) is 0 Å². The number of carbonyl (C=O) groups is 1. The molecule has 2 aliphatic rings. The highest BCUT2D eigenvalue weighted by Gasteiger charge is 2.54. The van der Waals surface area contributed by atoms with Gasteiger partial charge in [0, 0.05) is 31.8 Å². The van der Waals surface area contributed by atoms with E-state index in [2.05, 4.69) is 9.97 Å². The fraction of sp³-hybridized carbons (Fsp3) is 0.615. The molecule has 0 saturated carbocycles. The van der Waals surface area contributed by atoms with Crippen LogP contribution in [0.3, 0.4) is 0 Å². The summed E-state index contributed by atoms with van der Waals surface area (Å²) in [5.74, 6) is -1.32. The number of carboxylic acids is 1. The Balaban J connectivity index is 1.90. The minimum Gasteiger partial charge on any atom is -0.481 e. The number of anilines is 1. The number of halogens is 3. The summed E-state index contributed by atoms with van der Waals surface area (Å²) in [5.41, 5.74) is -2.04. The predicted molar refractivity (Wildman–Crippen MR) is 68.2 cm³/mol. The Morgan fingerprint density at radius 1 is 1.50 bits per heavy atom. The van der Waals surface area contributed by atoms with E-state index in [0.29, 0.717) is 13.0 Å². The summed E-state index contributed by atoms with van der Waals surface area (Å²) < 4.78 is 43.5. The Morgan fingerprint density at radius 3 is 2.91 bits per heavy atom. The maximum atomic E-state index is 12.7. The first-order valence-electron chi connectivity index (χ1n) is 6.79. The largest absolute Gasteiger partial charge is 0.481 e. The first-order chi connectivity index (χ1) is 10.3. The second kappa shape index (κ2) is 5.08. The van der Waals surface area contributed by atoms with Gasteiger partial charge in [-0.3, -0.25) is 4.79 Å². The third kappa shape index (κ3) is 2.39. The lowest BCUT2D eigenvalue weighted by molar-refractivity contribution is -0.157. The molecule has 6 nitrogen and oxygen atoms in total. The van der Waals surface area contributed by atoms with Gasteiger partial charge in [-0.25, -0.2) is 9.97 Å². The Morgan fingerprint density at radius 2 is 2.27 bits per heavy atom. The first kappa shape index (κ1) is 15.0. The quantitative estimate of drug-likeness (QED) is 0.889. The molecular formula is C13H14F3N3O3. The van der Waals surface area contributed by atoms with Gasteiger partial charge in [-0.1, -0.05) is 0 Å². The SMILES string of the molecule is O=C(O)[C@]12CCOC[C@H]1CN(c1nccc(C(F)(F)F)n1)C2. The van der Waals surface area contributed by atoms with Crippen molar-refractivity contribution in [3.8, 4) is 0 Å². The van der Waals surface area contributed by atoms with Gasteiger partial charge in [-0.15, -0.1) is 0 Å². The summed E-state index contributed by atoms with van der Waals surface area (Å²) in [7, 11) is 0. The van der Waals surface area contributed by atoms with Crippen LogP contribution in [0.4, 0.5) is 19.1 Å². The number of fused-ring (bicyclic) bond motifs is 1. The van der Waals surface area contributed by atoms with E-state index < -0.39 is 23.3 Å². The third-order valence-electron chi connectivity index (χ3n) is 4.35. The van der Waals surface area contributed by atoms with Gasteiger partial charge in [-0.2, -0.15) is 13.2 Å². The van der Waals surface area contributed by atoms with Crippen LogP contribution in [0, 0.1) is 11.3 Å². The first-order valence-corrected chi connectivity index (χ1v) is 6.79. The average molecular weight is 317 g/mol. The van der Waals surface area contributed by atoms with E-state index in [-0.39, 0.29) is 31.6 Å². The number of hydrogen-bond donors (Lipinski definition) is 1. The van der Waals surface area contributed by atoms with Crippen LogP contribution in [0.2, 0.25) is 0 Å². The van der Waals surface area contributed by atoms with Crippen LogP contribution < -0.4 is 4.90 Å². The molecule has 22 heavy (non-hydrogen) atoms. The van der Waals surface area contributed by atoms with Gasteiger partial charge in [0.15, 0.2) is 0 Å². The molecule has 1 N–H and O–H groups in total. The van der Waals surface area contributed by atoms with Crippen molar-refractivity contribution in [2.24, 2.45) is 11.3 Å².